The summed E-state index contributed by atoms with van der Waals surface area (Å²) in [6, 6.07) is 21.5. The number of rotatable bonds is 6. The van der Waals surface area contributed by atoms with Gasteiger partial charge < -0.3 is 19.9 Å². The first-order chi connectivity index (χ1) is 18.0. The molecule has 0 radical (unpaired) electrons. The van der Waals surface area contributed by atoms with E-state index in [-0.39, 0.29) is 17.3 Å². The van der Waals surface area contributed by atoms with Crippen LogP contribution < -0.4 is 15.6 Å². The number of nitrogens with zero attached hydrogens (tertiary/aromatic N) is 4. The fourth-order valence-corrected chi connectivity index (χ4v) is 4.05. The Labute approximate surface area is 213 Å². The van der Waals surface area contributed by atoms with Gasteiger partial charge in [-0.05, 0) is 67.7 Å². The molecule has 1 aliphatic heterocycles. The SMILES string of the molecule is CN1CCN(C(=O)c2ccc(Nc3c(Oc4ccccc4)cnn(-c4ccc(F)cc4)c3=O)cc2)CC1. The molecule has 9 heteroatoms. The molecule has 1 saturated heterocycles. The van der Waals surface area contributed by atoms with Crippen molar-refractivity contribution in [2.75, 3.05) is 38.5 Å². The Morgan fingerprint density at radius 2 is 1.59 bits per heavy atom. The number of likely N-dealkylation sites (N-methyl/N-ethyl adjacent to an activating group) is 1. The number of aromatic nitrogens is 2. The Bertz CT molecular complexity index is 1430. The molecular weight excluding hydrogens is 473 g/mol. The van der Waals surface area contributed by atoms with Crippen LogP contribution in [0.15, 0.2) is 89.9 Å². The summed E-state index contributed by atoms with van der Waals surface area (Å²) >= 11 is 0. The van der Waals surface area contributed by atoms with Crippen LogP contribution >= 0.6 is 0 Å². The summed E-state index contributed by atoms with van der Waals surface area (Å²) < 4.78 is 20.6. The standard InChI is InChI=1S/C28H26FN5O3/c1-32-15-17-33(18-16-32)27(35)20-7-11-22(12-8-20)31-26-25(37-24-5-3-2-4-6-24)19-30-34(28(26)36)23-13-9-21(29)10-14-23/h2-14,19,31H,15-18H2,1H3. The number of piperazine rings is 1. The van der Waals surface area contributed by atoms with E-state index in [9.17, 15) is 14.0 Å². The van der Waals surface area contributed by atoms with E-state index in [1.807, 2.05) is 30.1 Å². The van der Waals surface area contributed by atoms with E-state index < -0.39 is 11.4 Å². The van der Waals surface area contributed by atoms with Gasteiger partial charge in [-0.15, -0.1) is 0 Å². The van der Waals surface area contributed by atoms with E-state index in [0.717, 1.165) is 13.1 Å². The average molecular weight is 500 g/mol. The van der Waals surface area contributed by atoms with Gasteiger partial charge >= 0.3 is 0 Å². The first kappa shape index (κ1) is 24.2. The second kappa shape index (κ2) is 10.6. The molecule has 8 nitrogen and oxygen atoms in total. The predicted octanol–water partition coefficient (Wildman–Crippen LogP) is 4.30. The topological polar surface area (TPSA) is 79.7 Å². The van der Waals surface area contributed by atoms with Crippen molar-refractivity contribution in [3.8, 4) is 17.2 Å². The number of para-hydroxylation sites is 1. The minimum atomic E-state index is -0.474. The minimum absolute atomic E-state index is 0.0182. The number of carbonyl (C=O) groups is 1. The molecule has 4 aromatic rings. The number of anilines is 2. The molecule has 0 saturated carbocycles. The van der Waals surface area contributed by atoms with E-state index >= 15 is 0 Å². The van der Waals surface area contributed by atoms with Crippen LogP contribution in [-0.4, -0.2) is 58.7 Å². The summed E-state index contributed by atoms with van der Waals surface area (Å²) in [4.78, 5) is 30.4. The van der Waals surface area contributed by atoms with E-state index in [2.05, 4.69) is 15.3 Å². The summed E-state index contributed by atoms with van der Waals surface area (Å²) in [7, 11) is 2.04. The van der Waals surface area contributed by atoms with Crippen LogP contribution in [0.4, 0.5) is 15.8 Å². The Morgan fingerprint density at radius 3 is 2.27 bits per heavy atom. The number of carbonyl (C=O) groups excluding carboxylic acids is 1. The fraction of sp³-hybridized carbons (Fsp3) is 0.179. The van der Waals surface area contributed by atoms with Gasteiger partial charge in [0.2, 0.25) is 0 Å². The zero-order chi connectivity index (χ0) is 25.8. The van der Waals surface area contributed by atoms with Gasteiger partial charge in [-0.25, -0.2) is 4.39 Å². The van der Waals surface area contributed by atoms with Gasteiger partial charge in [-0.3, -0.25) is 9.59 Å². The van der Waals surface area contributed by atoms with Gasteiger partial charge in [0.25, 0.3) is 11.5 Å². The summed E-state index contributed by atoms with van der Waals surface area (Å²) in [6.45, 7) is 3.07. The number of hydrogen-bond acceptors (Lipinski definition) is 6. The van der Waals surface area contributed by atoms with Crippen LogP contribution in [0, 0.1) is 5.82 Å². The normalized spacial score (nSPS) is 13.8. The Morgan fingerprint density at radius 1 is 0.919 bits per heavy atom. The molecule has 0 spiro atoms. The molecule has 1 amide bonds. The fourth-order valence-electron chi connectivity index (χ4n) is 4.05. The van der Waals surface area contributed by atoms with E-state index in [0.29, 0.717) is 35.8 Å². The molecule has 0 bridgehead atoms. The van der Waals surface area contributed by atoms with Crippen LogP contribution in [0.1, 0.15) is 10.4 Å². The molecular formula is C28H26FN5O3. The molecule has 1 aliphatic rings. The molecule has 0 unspecified atom stereocenters. The van der Waals surface area contributed by atoms with Gasteiger partial charge in [0.05, 0.1) is 11.9 Å². The zero-order valence-electron chi connectivity index (χ0n) is 20.3. The maximum absolute atomic E-state index is 13.5. The number of hydrogen-bond donors (Lipinski definition) is 1. The Balaban J connectivity index is 1.44. The number of benzene rings is 3. The van der Waals surface area contributed by atoms with Crippen molar-refractivity contribution in [3.05, 3.63) is 107 Å². The molecule has 0 aliphatic carbocycles. The van der Waals surface area contributed by atoms with Crippen molar-refractivity contribution in [1.82, 2.24) is 19.6 Å². The lowest BCUT2D eigenvalue weighted by molar-refractivity contribution is 0.0664. The molecule has 188 valence electrons. The highest BCUT2D eigenvalue weighted by Crippen LogP contribution is 2.29. The van der Waals surface area contributed by atoms with E-state index in [4.69, 9.17) is 4.74 Å². The van der Waals surface area contributed by atoms with Crippen molar-refractivity contribution in [2.24, 2.45) is 0 Å². The summed E-state index contributed by atoms with van der Waals surface area (Å²) in [5, 5.41) is 7.36. The first-order valence-corrected chi connectivity index (χ1v) is 11.9. The number of amides is 1. The quantitative estimate of drug-likeness (QED) is 0.426. The molecule has 0 atom stereocenters. The van der Waals surface area contributed by atoms with Gasteiger partial charge in [0.1, 0.15) is 11.6 Å². The molecule has 3 aromatic carbocycles. The summed E-state index contributed by atoms with van der Waals surface area (Å²) in [5.41, 5.74) is 1.27. The molecule has 1 N–H and O–H groups in total. The van der Waals surface area contributed by atoms with Crippen molar-refractivity contribution < 1.29 is 13.9 Å². The van der Waals surface area contributed by atoms with Crippen LogP contribution in [0.3, 0.4) is 0 Å². The molecule has 2 heterocycles. The lowest BCUT2D eigenvalue weighted by Crippen LogP contribution is -2.47. The van der Waals surface area contributed by atoms with Gasteiger partial charge in [-0.2, -0.15) is 9.78 Å². The van der Waals surface area contributed by atoms with Gasteiger partial charge in [-0.1, -0.05) is 18.2 Å². The Hall–Kier alpha value is -4.50. The molecule has 37 heavy (non-hydrogen) atoms. The maximum Gasteiger partial charge on any atom is 0.299 e. The maximum atomic E-state index is 13.5. The third kappa shape index (κ3) is 5.52. The smallest absolute Gasteiger partial charge is 0.299 e. The van der Waals surface area contributed by atoms with Crippen molar-refractivity contribution in [1.29, 1.82) is 0 Å². The summed E-state index contributed by atoms with van der Waals surface area (Å²) in [5.74, 6) is 0.340. The van der Waals surface area contributed by atoms with E-state index in [1.54, 1.807) is 36.4 Å². The molecule has 1 aromatic heterocycles. The van der Waals surface area contributed by atoms with Crippen molar-refractivity contribution in [2.45, 2.75) is 0 Å². The second-order valence-electron chi connectivity index (χ2n) is 8.79. The van der Waals surface area contributed by atoms with E-state index in [1.165, 1.54) is 35.1 Å². The monoisotopic (exact) mass is 499 g/mol. The lowest BCUT2D eigenvalue weighted by atomic mass is 10.1. The highest BCUT2D eigenvalue weighted by atomic mass is 19.1. The Kier molecular flexibility index (Phi) is 6.96. The van der Waals surface area contributed by atoms with Crippen LogP contribution in [0.5, 0.6) is 11.5 Å². The van der Waals surface area contributed by atoms with Crippen molar-refractivity contribution in [3.63, 3.8) is 0 Å². The van der Waals surface area contributed by atoms with Crippen LogP contribution in [0.25, 0.3) is 5.69 Å². The number of halogens is 1. The number of ether oxygens (including phenoxy) is 1. The highest BCUT2D eigenvalue weighted by Gasteiger charge is 2.21. The average Bonchev–Trinajstić information content (AvgIpc) is 2.92. The third-order valence-corrected chi connectivity index (χ3v) is 6.18. The van der Waals surface area contributed by atoms with Crippen LogP contribution in [-0.2, 0) is 0 Å². The first-order valence-electron chi connectivity index (χ1n) is 11.9. The summed E-state index contributed by atoms with van der Waals surface area (Å²) in [6.07, 6.45) is 1.44. The molecule has 5 rings (SSSR count). The van der Waals surface area contributed by atoms with Crippen LogP contribution in [0.2, 0.25) is 0 Å². The lowest BCUT2D eigenvalue weighted by Gasteiger charge is -2.32. The third-order valence-electron chi connectivity index (χ3n) is 6.18. The predicted molar refractivity (Wildman–Crippen MR) is 139 cm³/mol. The van der Waals surface area contributed by atoms with Gasteiger partial charge in [0.15, 0.2) is 11.4 Å². The minimum Gasteiger partial charge on any atom is -0.453 e. The second-order valence-corrected chi connectivity index (χ2v) is 8.79. The number of nitrogens with one attached hydrogen (secondary N) is 1. The largest absolute Gasteiger partial charge is 0.453 e. The zero-order valence-corrected chi connectivity index (χ0v) is 20.3. The molecule has 1 fully saturated rings. The van der Waals surface area contributed by atoms with Crippen molar-refractivity contribution >= 4 is 17.3 Å². The van der Waals surface area contributed by atoms with Gasteiger partial charge in [0, 0.05) is 37.4 Å². The highest BCUT2D eigenvalue weighted by molar-refractivity contribution is 5.94.